The number of nitrogens with one attached hydrogen (secondary N) is 1. The molecule has 0 heterocycles. The molecule has 4 aromatic carbocycles. The van der Waals surface area contributed by atoms with E-state index in [0.717, 1.165) is 41.1 Å². The van der Waals surface area contributed by atoms with Crippen LogP contribution in [-0.4, -0.2) is 43.8 Å². The van der Waals surface area contributed by atoms with Crippen LogP contribution in [0.2, 0.25) is 10.0 Å². The zero-order valence-electron chi connectivity index (χ0n) is 26.3. The molecule has 7 nitrogen and oxygen atoms in total. The molecule has 0 saturated heterocycles. The van der Waals surface area contributed by atoms with E-state index in [0.29, 0.717) is 27.7 Å². The fourth-order valence-corrected chi connectivity index (χ4v) is 7.98. The molecule has 1 aliphatic rings. The van der Waals surface area contributed by atoms with Crippen molar-refractivity contribution >= 4 is 50.7 Å². The van der Waals surface area contributed by atoms with Crippen molar-refractivity contribution in [3.8, 4) is 0 Å². The number of anilines is 1. The highest BCUT2D eigenvalue weighted by molar-refractivity contribution is 7.92. The Kier molecular flexibility index (Phi) is 11.6. The highest BCUT2D eigenvalue weighted by Crippen LogP contribution is 2.30. The number of carbonyl (C=O) groups is 2. The summed E-state index contributed by atoms with van der Waals surface area (Å²) >= 11 is 12.8. The lowest BCUT2D eigenvalue weighted by Gasteiger charge is -2.35. The minimum Gasteiger partial charge on any atom is -0.352 e. The largest absolute Gasteiger partial charge is 0.352 e. The van der Waals surface area contributed by atoms with Gasteiger partial charge in [-0.05, 0) is 66.3 Å². The average Bonchev–Trinajstić information content (AvgIpc) is 3.59. The van der Waals surface area contributed by atoms with E-state index in [2.05, 4.69) is 5.32 Å². The lowest BCUT2D eigenvalue weighted by Crippen LogP contribution is -2.54. The van der Waals surface area contributed by atoms with E-state index in [4.69, 9.17) is 23.2 Å². The Morgan fingerprint density at radius 3 is 2.15 bits per heavy atom. The Bertz CT molecular complexity index is 1780. The second kappa shape index (κ2) is 15.8. The fourth-order valence-electron chi connectivity index (χ4n) is 6.04. The Balaban J connectivity index is 1.60. The molecule has 0 bridgehead atoms. The van der Waals surface area contributed by atoms with Crippen molar-refractivity contribution in [3.05, 3.63) is 130 Å². The molecule has 1 saturated carbocycles. The van der Waals surface area contributed by atoms with Crippen LogP contribution in [0, 0.1) is 0 Å². The summed E-state index contributed by atoms with van der Waals surface area (Å²) in [5.74, 6) is -0.824. The van der Waals surface area contributed by atoms with E-state index in [1.54, 1.807) is 48.5 Å². The van der Waals surface area contributed by atoms with Gasteiger partial charge in [-0.1, -0.05) is 116 Å². The number of amides is 2. The van der Waals surface area contributed by atoms with Gasteiger partial charge in [0.15, 0.2) is 0 Å². The topological polar surface area (TPSA) is 86.8 Å². The normalized spacial score (nSPS) is 14.0. The maximum atomic E-state index is 14.7. The Hall–Kier alpha value is -3.85. The van der Waals surface area contributed by atoms with Gasteiger partial charge in [-0.2, -0.15) is 0 Å². The van der Waals surface area contributed by atoms with E-state index in [1.165, 1.54) is 17.0 Å². The maximum Gasteiger partial charge on any atom is 0.264 e. The van der Waals surface area contributed by atoms with Gasteiger partial charge in [0.1, 0.15) is 12.6 Å². The Labute approximate surface area is 287 Å². The molecule has 246 valence electrons. The van der Waals surface area contributed by atoms with Gasteiger partial charge in [-0.3, -0.25) is 13.9 Å². The van der Waals surface area contributed by atoms with E-state index < -0.39 is 28.5 Å². The summed E-state index contributed by atoms with van der Waals surface area (Å²) in [4.78, 5) is 30.4. The van der Waals surface area contributed by atoms with Crippen molar-refractivity contribution in [2.45, 2.75) is 69.0 Å². The highest BCUT2D eigenvalue weighted by Gasteiger charge is 2.36. The first kappa shape index (κ1) is 34.5. The third kappa shape index (κ3) is 8.55. The molecule has 1 atom stereocenters. The zero-order valence-corrected chi connectivity index (χ0v) is 28.6. The van der Waals surface area contributed by atoms with Crippen molar-refractivity contribution in [1.82, 2.24) is 10.2 Å². The average molecular weight is 693 g/mol. The summed E-state index contributed by atoms with van der Waals surface area (Å²) in [6, 6.07) is 28.8. The molecule has 0 radical (unpaired) electrons. The maximum absolute atomic E-state index is 14.7. The van der Waals surface area contributed by atoms with Gasteiger partial charge in [-0.25, -0.2) is 8.42 Å². The van der Waals surface area contributed by atoms with E-state index >= 15 is 0 Å². The number of nitrogens with zero attached hydrogens (tertiary/aromatic N) is 2. The highest BCUT2D eigenvalue weighted by atomic mass is 35.5. The lowest BCUT2D eigenvalue weighted by atomic mass is 10.0. The summed E-state index contributed by atoms with van der Waals surface area (Å²) in [7, 11) is -4.18. The molecule has 0 aromatic heterocycles. The van der Waals surface area contributed by atoms with Crippen LogP contribution < -0.4 is 9.62 Å². The predicted molar refractivity (Wildman–Crippen MR) is 188 cm³/mol. The van der Waals surface area contributed by atoms with Gasteiger partial charge in [0.05, 0.1) is 10.6 Å². The number of hydrogen-bond acceptors (Lipinski definition) is 4. The molecule has 2 amide bonds. The van der Waals surface area contributed by atoms with Gasteiger partial charge < -0.3 is 10.2 Å². The van der Waals surface area contributed by atoms with Crippen molar-refractivity contribution in [1.29, 1.82) is 0 Å². The minimum atomic E-state index is -4.18. The van der Waals surface area contributed by atoms with Crippen LogP contribution in [0.5, 0.6) is 0 Å². The van der Waals surface area contributed by atoms with Crippen LogP contribution in [0.3, 0.4) is 0 Å². The first-order valence-corrected chi connectivity index (χ1v) is 18.1. The molecule has 1 fully saturated rings. The van der Waals surface area contributed by atoms with Gasteiger partial charge in [-0.15, -0.1) is 0 Å². The quantitative estimate of drug-likeness (QED) is 0.158. The molecule has 0 spiro atoms. The van der Waals surface area contributed by atoms with Gasteiger partial charge in [0, 0.05) is 29.1 Å². The van der Waals surface area contributed by atoms with Gasteiger partial charge >= 0.3 is 0 Å². The van der Waals surface area contributed by atoms with E-state index in [-0.39, 0.29) is 29.8 Å². The van der Waals surface area contributed by atoms with Crippen molar-refractivity contribution in [3.63, 3.8) is 0 Å². The molecule has 1 N–H and O–H groups in total. The van der Waals surface area contributed by atoms with Crippen LogP contribution in [0.15, 0.2) is 108 Å². The number of hydrogen-bond donors (Lipinski definition) is 1. The predicted octanol–water partition coefficient (Wildman–Crippen LogP) is 7.45. The summed E-state index contributed by atoms with van der Waals surface area (Å²) in [6.07, 6.45) is 4.58. The summed E-state index contributed by atoms with van der Waals surface area (Å²) in [6.45, 7) is 1.38. The second-order valence-electron chi connectivity index (χ2n) is 11.8. The van der Waals surface area contributed by atoms with Crippen LogP contribution in [-0.2, 0) is 39.0 Å². The number of aryl methyl sites for hydroxylation is 1. The van der Waals surface area contributed by atoms with E-state index in [1.807, 2.05) is 49.4 Å². The first-order valence-electron chi connectivity index (χ1n) is 15.9. The van der Waals surface area contributed by atoms with E-state index in [9.17, 15) is 18.0 Å². The summed E-state index contributed by atoms with van der Waals surface area (Å²) in [5.41, 5.74) is 2.63. The first-order chi connectivity index (χ1) is 22.7. The minimum absolute atomic E-state index is 0.0169. The molecule has 1 unspecified atom stereocenters. The number of para-hydroxylation sites is 1. The molecule has 5 rings (SSSR count). The van der Waals surface area contributed by atoms with Gasteiger partial charge in [0.25, 0.3) is 10.0 Å². The molecular formula is C37H39Cl2N3O4S. The fraction of sp³-hybridized carbons (Fsp3) is 0.297. The molecular weight excluding hydrogens is 653 g/mol. The van der Waals surface area contributed by atoms with Crippen LogP contribution in [0.1, 0.15) is 49.3 Å². The molecule has 47 heavy (non-hydrogen) atoms. The SMILES string of the molecule is CCc1ccccc1N(CC(=O)N(Cc1ccc(Cl)cc1Cl)C(Cc1ccccc1)C(=O)NC1CCCC1)S(=O)(=O)c1ccccc1. The molecule has 0 aliphatic heterocycles. The number of halogens is 2. The smallest absolute Gasteiger partial charge is 0.264 e. The zero-order chi connectivity index (χ0) is 33.4. The molecule has 4 aromatic rings. The van der Waals surface area contributed by atoms with Crippen LogP contribution >= 0.6 is 23.2 Å². The van der Waals surface area contributed by atoms with Gasteiger partial charge in [0.2, 0.25) is 11.8 Å². The number of benzene rings is 4. The number of rotatable bonds is 13. The third-order valence-electron chi connectivity index (χ3n) is 8.58. The Morgan fingerprint density at radius 2 is 1.49 bits per heavy atom. The van der Waals surface area contributed by atoms with Crippen molar-refractivity contribution < 1.29 is 18.0 Å². The van der Waals surface area contributed by atoms with Crippen molar-refractivity contribution in [2.24, 2.45) is 0 Å². The molecule has 10 heteroatoms. The van der Waals surface area contributed by atoms with Crippen LogP contribution in [0.4, 0.5) is 5.69 Å². The third-order valence-corrected chi connectivity index (χ3v) is 10.9. The second-order valence-corrected chi connectivity index (χ2v) is 14.5. The van der Waals surface area contributed by atoms with Crippen LogP contribution in [0.25, 0.3) is 0 Å². The number of sulfonamides is 1. The Morgan fingerprint density at radius 1 is 0.851 bits per heavy atom. The number of carbonyl (C=O) groups excluding carboxylic acids is 2. The standard InChI is InChI=1S/C37H39Cl2N3O4S/c1-2-28-15-9-12-20-34(28)42(47(45,46)32-18-7-4-8-19-32)26-36(43)41(25-29-21-22-30(38)24-33(29)39)35(23-27-13-5-3-6-14-27)37(44)40-31-16-10-11-17-31/h3-9,12-15,18-22,24,31,35H,2,10-11,16-17,23,25-26H2,1H3,(H,40,44). The molecule has 1 aliphatic carbocycles. The lowest BCUT2D eigenvalue weighted by molar-refractivity contribution is -0.140. The monoisotopic (exact) mass is 691 g/mol. The summed E-state index contributed by atoms with van der Waals surface area (Å²) in [5, 5.41) is 3.97. The summed E-state index contributed by atoms with van der Waals surface area (Å²) < 4.78 is 29.7. The van der Waals surface area contributed by atoms with Crippen molar-refractivity contribution in [2.75, 3.05) is 10.8 Å².